The highest BCUT2D eigenvalue weighted by molar-refractivity contribution is 5.39. The number of aromatic hydroxyl groups is 1. The molecule has 0 aromatic heterocycles. The van der Waals surface area contributed by atoms with E-state index in [1.807, 2.05) is 12.1 Å². The van der Waals surface area contributed by atoms with Crippen molar-refractivity contribution in [2.24, 2.45) is 0 Å². The molecule has 0 bridgehead atoms. The molecule has 0 radical (unpaired) electrons. The summed E-state index contributed by atoms with van der Waals surface area (Å²) in [6.07, 6.45) is 3.53. The van der Waals surface area contributed by atoms with Gasteiger partial charge in [-0.3, -0.25) is 0 Å². The van der Waals surface area contributed by atoms with Crippen molar-refractivity contribution in [3.63, 3.8) is 0 Å². The third-order valence-corrected chi connectivity index (χ3v) is 3.05. The third kappa shape index (κ3) is 2.34. The van der Waals surface area contributed by atoms with Crippen LogP contribution in [0, 0.1) is 11.3 Å². The number of phenolic OH excluding ortho intramolecular Hbond substituents is 1. The monoisotopic (exact) mass is 216 g/mol. The van der Waals surface area contributed by atoms with Crippen molar-refractivity contribution in [1.82, 2.24) is 5.32 Å². The van der Waals surface area contributed by atoms with Gasteiger partial charge in [0.25, 0.3) is 0 Å². The summed E-state index contributed by atoms with van der Waals surface area (Å²) in [7, 11) is 0. The van der Waals surface area contributed by atoms with Gasteiger partial charge in [-0.15, -0.1) is 0 Å². The lowest BCUT2D eigenvalue weighted by Crippen LogP contribution is -2.13. The molecular formula is C13H16N2O. The summed E-state index contributed by atoms with van der Waals surface area (Å²) in [5, 5.41) is 21.7. The molecule has 0 aliphatic carbocycles. The Morgan fingerprint density at radius 3 is 3.06 bits per heavy atom. The Balaban J connectivity index is 2.18. The van der Waals surface area contributed by atoms with Crippen LogP contribution >= 0.6 is 0 Å². The maximum atomic E-state index is 9.82. The van der Waals surface area contributed by atoms with Crippen molar-refractivity contribution >= 4 is 0 Å². The molecule has 1 aliphatic heterocycles. The van der Waals surface area contributed by atoms with E-state index in [1.165, 1.54) is 0 Å². The maximum absolute atomic E-state index is 9.82. The normalized spacial score (nSPS) is 19.6. The highest BCUT2D eigenvalue weighted by atomic mass is 16.3. The van der Waals surface area contributed by atoms with Gasteiger partial charge < -0.3 is 10.4 Å². The van der Waals surface area contributed by atoms with Crippen LogP contribution in [0.4, 0.5) is 0 Å². The first kappa shape index (κ1) is 11.0. The average molecular weight is 216 g/mol. The van der Waals surface area contributed by atoms with Crippen LogP contribution in [-0.2, 0) is 6.42 Å². The van der Waals surface area contributed by atoms with Crippen LogP contribution < -0.4 is 5.32 Å². The van der Waals surface area contributed by atoms with E-state index in [4.69, 9.17) is 5.26 Å². The Labute approximate surface area is 95.7 Å². The summed E-state index contributed by atoms with van der Waals surface area (Å²) in [6.45, 7) is 1.02. The van der Waals surface area contributed by atoms with Crippen LogP contribution in [-0.4, -0.2) is 11.7 Å². The standard InChI is InChI=1S/C13H16N2O/c14-7-1-3-10-5-6-13(16)11(9-10)12-4-2-8-15-12/h5-6,9,12,15-16H,1-4,8H2/t12-/m1/s1. The number of phenols is 1. The summed E-state index contributed by atoms with van der Waals surface area (Å²) in [5.74, 6) is 0.361. The maximum Gasteiger partial charge on any atom is 0.120 e. The van der Waals surface area contributed by atoms with E-state index in [0.29, 0.717) is 12.2 Å². The van der Waals surface area contributed by atoms with Crippen molar-refractivity contribution in [3.05, 3.63) is 29.3 Å². The molecule has 1 atom stereocenters. The number of nitriles is 1. The number of hydrogen-bond acceptors (Lipinski definition) is 3. The molecule has 0 unspecified atom stereocenters. The zero-order valence-corrected chi connectivity index (χ0v) is 9.24. The zero-order valence-electron chi connectivity index (χ0n) is 9.24. The lowest BCUT2D eigenvalue weighted by Gasteiger charge is -2.13. The second kappa shape index (κ2) is 5.00. The van der Waals surface area contributed by atoms with Crippen LogP contribution in [0.2, 0.25) is 0 Å². The number of hydrogen-bond donors (Lipinski definition) is 2. The molecule has 2 N–H and O–H groups in total. The molecule has 1 fully saturated rings. The Kier molecular flexibility index (Phi) is 3.43. The summed E-state index contributed by atoms with van der Waals surface area (Å²) in [4.78, 5) is 0. The van der Waals surface area contributed by atoms with E-state index >= 15 is 0 Å². The number of nitrogens with one attached hydrogen (secondary N) is 1. The molecule has 16 heavy (non-hydrogen) atoms. The molecule has 0 spiro atoms. The average Bonchev–Trinajstić information content (AvgIpc) is 2.81. The predicted octanol–water partition coefficient (Wildman–Crippen LogP) is 2.27. The topological polar surface area (TPSA) is 56.0 Å². The molecule has 1 aromatic carbocycles. The van der Waals surface area contributed by atoms with Crippen molar-refractivity contribution in [1.29, 1.82) is 5.26 Å². The second-order valence-electron chi connectivity index (χ2n) is 4.20. The van der Waals surface area contributed by atoms with Gasteiger partial charge in [0, 0.05) is 18.0 Å². The van der Waals surface area contributed by atoms with Crippen molar-refractivity contribution < 1.29 is 5.11 Å². The van der Waals surface area contributed by atoms with Gasteiger partial charge in [-0.05, 0) is 37.4 Å². The molecule has 1 saturated heterocycles. The van der Waals surface area contributed by atoms with Gasteiger partial charge in [0.05, 0.1) is 6.07 Å². The fourth-order valence-electron chi connectivity index (χ4n) is 2.19. The SMILES string of the molecule is N#CCCc1ccc(O)c([C@H]2CCCN2)c1. The third-order valence-electron chi connectivity index (χ3n) is 3.05. The van der Waals surface area contributed by atoms with Crippen molar-refractivity contribution in [2.45, 2.75) is 31.7 Å². The number of benzene rings is 1. The van der Waals surface area contributed by atoms with E-state index in [0.717, 1.165) is 36.9 Å². The number of nitrogens with zero attached hydrogens (tertiary/aromatic N) is 1. The molecule has 1 aliphatic rings. The van der Waals surface area contributed by atoms with Crippen LogP contribution in [0.5, 0.6) is 5.75 Å². The van der Waals surface area contributed by atoms with E-state index in [2.05, 4.69) is 11.4 Å². The molecular weight excluding hydrogens is 200 g/mol. The Bertz CT molecular complexity index is 403. The molecule has 3 nitrogen and oxygen atoms in total. The summed E-state index contributed by atoms with van der Waals surface area (Å²) in [5.41, 5.74) is 2.11. The molecule has 0 amide bonds. The first-order valence-electron chi connectivity index (χ1n) is 5.73. The first-order chi connectivity index (χ1) is 7.81. The van der Waals surface area contributed by atoms with Gasteiger partial charge in [-0.25, -0.2) is 0 Å². The first-order valence-corrected chi connectivity index (χ1v) is 5.73. The second-order valence-corrected chi connectivity index (χ2v) is 4.20. The summed E-state index contributed by atoms with van der Waals surface area (Å²) < 4.78 is 0. The van der Waals surface area contributed by atoms with E-state index in [-0.39, 0.29) is 6.04 Å². The quantitative estimate of drug-likeness (QED) is 0.815. The number of rotatable bonds is 3. The van der Waals surface area contributed by atoms with Crippen LogP contribution in [0.1, 0.15) is 36.4 Å². The lowest BCUT2D eigenvalue weighted by molar-refractivity contribution is 0.456. The Morgan fingerprint density at radius 2 is 2.38 bits per heavy atom. The van der Waals surface area contributed by atoms with E-state index in [1.54, 1.807) is 6.07 Å². The number of aryl methyl sites for hydroxylation is 1. The van der Waals surface area contributed by atoms with Crippen molar-refractivity contribution in [2.75, 3.05) is 6.54 Å². The van der Waals surface area contributed by atoms with Gasteiger partial charge in [0.1, 0.15) is 5.75 Å². The molecule has 1 heterocycles. The molecule has 1 aromatic rings. The Morgan fingerprint density at radius 1 is 1.50 bits per heavy atom. The fraction of sp³-hybridized carbons (Fsp3) is 0.462. The van der Waals surface area contributed by atoms with Gasteiger partial charge in [0.15, 0.2) is 0 Å². The minimum absolute atomic E-state index is 0.280. The van der Waals surface area contributed by atoms with Crippen LogP contribution in [0.3, 0.4) is 0 Å². The van der Waals surface area contributed by atoms with Gasteiger partial charge in [-0.1, -0.05) is 12.1 Å². The molecule has 2 rings (SSSR count). The lowest BCUT2D eigenvalue weighted by atomic mass is 9.99. The van der Waals surface area contributed by atoms with Gasteiger partial charge in [-0.2, -0.15) is 5.26 Å². The minimum Gasteiger partial charge on any atom is -0.508 e. The van der Waals surface area contributed by atoms with Crippen molar-refractivity contribution in [3.8, 4) is 11.8 Å². The van der Waals surface area contributed by atoms with Crippen LogP contribution in [0.25, 0.3) is 0 Å². The molecule has 3 heteroatoms. The van der Waals surface area contributed by atoms with Gasteiger partial charge in [0.2, 0.25) is 0 Å². The highest BCUT2D eigenvalue weighted by Gasteiger charge is 2.19. The summed E-state index contributed by atoms with van der Waals surface area (Å²) >= 11 is 0. The largest absolute Gasteiger partial charge is 0.508 e. The zero-order chi connectivity index (χ0) is 11.4. The smallest absolute Gasteiger partial charge is 0.120 e. The fourth-order valence-corrected chi connectivity index (χ4v) is 2.19. The minimum atomic E-state index is 0.280. The predicted molar refractivity (Wildman–Crippen MR) is 62.0 cm³/mol. The van der Waals surface area contributed by atoms with E-state index in [9.17, 15) is 5.11 Å². The highest BCUT2D eigenvalue weighted by Crippen LogP contribution is 2.31. The van der Waals surface area contributed by atoms with Gasteiger partial charge >= 0.3 is 0 Å². The summed E-state index contributed by atoms with van der Waals surface area (Å²) in [6, 6.07) is 8.08. The van der Waals surface area contributed by atoms with Crippen LogP contribution in [0.15, 0.2) is 18.2 Å². The Hall–Kier alpha value is -1.53. The van der Waals surface area contributed by atoms with E-state index < -0.39 is 0 Å². The molecule has 84 valence electrons. The molecule has 0 saturated carbocycles.